The van der Waals surface area contributed by atoms with Crippen molar-refractivity contribution in [1.82, 2.24) is 0 Å². The van der Waals surface area contributed by atoms with Crippen LogP contribution in [0.1, 0.15) is 133 Å². The van der Waals surface area contributed by atoms with Crippen LogP contribution in [0.15, 0.2) is 59.5 Å². The maximum atomic E-state index is 12.5. The zero-order chi connectivity index (χ0) is 27.1. The fraction of sp³-hybridized carbons (Fsp3) is 0.571. The molecular formula is C35H52O2S. The number of thioether (sulfide) groups is 1. The SMILES string of the molecule is CCCCCCCCCCCCCCCCCOc1cccc(/C=C/C(=O)c2ccc(SCCC)cc2)c1. The molecule has 0 aliphatic carbocycles. The highest BCUT2D eigenvalue weighted by Crippen LogP contribution is 2.20. The number of ketones is 1. The van der Waals surface area contributed by atoms with Gasteiger partial charge in [-0.2, -0.15) is 0 Å². The van der Waals surface area contributed by atoms with Crippen molar-refractivity contribution in [3.8, 4) is 5.75 Å². The smallest absolute Gasteiger partial charge is 0.185 e. The van der Waals surface area contributed by atoms with Gasteiger partial charge in [0.2, 0.25) is 0 Å². The molecule has 0 radical (unpaired) electrons. The predicted octanol–water partition coefficient (Wildman–Crippen LogP) is 11.3. The molecule has 3 heteroatoms. The van der Waals surface area contributed by atoms with Crippen molar-refractivity contribution in [1.29, 1.82) is 0 Å². The van der Waals surface area contributed by atoms with Gasteiger partial charge in [-0.1, -0.05) is 122 Å². The molecule has 0 N–H and O–H groups in total. The molecule has 0 aliphatic rings. The summed E-state index contributed by atoms with van der Waals surface area (Å²) in [5.41, 5.74) is 1.71. The second-order valence-corrected chi connectivity index (χ2v) is 11.6. The minimum absolute atomic E-state index is 0.0289. The van der Waals surface area contributed by atoms with Crippen LogP contribution in [0.3, 0.4) is 0 Å². The maximum absolute atomic E-state index is 12.5. The molecule has 0 spiro atoms. The molecule has 0 fully saturated rings. The summed E-state index contributed by atoms with van der Waals surface area (Å²) < 4.78 is 5.98. The predicted molar refractivity (Wildman–Crippen MR) is 168 cm³/mol. The number of hydrogen-bond donors (Lipinski definition) is 0. The molecule has 38 heavy (non-hydrogen) atoms. The van der Waals surface area contributed by atoms with Gasteiger partial charge in [-0.05, 0) is 66.6 Å². The van der Waals surface area contributed by atoms with Gasteiger partial charge in [-0.25, -0.2) is 0 Å². The van der Waals surface area contributed by atoms with E-state index >= 15 is 0 Å². The lowest BCUT2D eigenvalue weighted by Crippen LogP contribution is -1.97. The highest BCUT2D eigenvalue weighted by Gasteiger charge is 2.03. The Morgan fingerprint density at radius 2 is 1.29 bits per heavy atom. The average molecular weight is 537 g/mol. The van der Waals surface area contributed by atoms with Crippen LogP contribution >= 0.6 is 11.8 Å². The first-order valence-electron chi connectivity index (χ1n) is 15.4. The first kappa shape index (κ1) is 32.2. The molecule has 2 nitrogen and oxygen atoms in total. The molecular weight excluding hydrogens is 484 g/mol. The van der Waals surface area contributed by atoms with E-state index in [2.05, 4.69) is 13.8 Å². The molecule has 0 saturated heterocycles. The van der Waals surface area contributed by atoms with Gasteiger partial charge in [0.25, 0.3) is 0 Å². The number of ether oxygens (including phenoxy) is 1. The summed E-state index contributed by atoms with van der Waals surface area (Å²) in [6, 6.07) is 15.9. The molecule has 2 rings (SSSR count). The van der Waals surface area contributed by atoms with Gasteiger partial charge >= 0.3 is 0 Å². The summed E-state index contributed by atoms with van der Waals surface area (Å²) >= 11 is 1.83. The standard InChI is InChI=1S/C35H52O2S/c1-3-5-6-7-8-9-10-11-12-13-14-15-16-17-18-28-37-33-21-19-20-31(30-33)22-27-35(36)32-23-25-34(26-24-32)38-29-4-2/h19-27,30H,3-18,28-29H2,1-2H3/b27-22+. The minimum Gasteiger partial charge on any atom is -0.494 e. The maximum Gasteiger partial charge on any atom is 0.185 e. The van der Waals surface area contributed by atoms with E-state index in [0.29, 0.717) is 0 Å². The number of rotatable bonds is 23. The molecule has 0 unspecified atom stereocenters. The number of benzene rings is 2. The second-order valence-electron chi connectivity index (χ2n) is 10.4. The van der Waals surface area contributed by atoms with Crippen molar-refractivity contribution in [3.05, 3.63) is 65.7 Å². The fourth-order valence-corrected chi connectivity index (χ4v) is 5.34. The minimum atomic E-state index is 0.0289. The molecule has 0 amide bonds. The molecule has 0 aliphatic heterocycles. The highest BCUT2D eigenvalue weighted by molar-refractivity contribution is 7.99. The number of allylic oxidation sites excluding steroid dienone is 1. The summed E-state index contributed by atoms with van der Waals surface area (Å²) in [6.07, 6.45) is 25.2. The Bertz CT molecular complexity index is 887. The van der Waals surface area contributed by atoms with Crippen molar-refractivity contribution in [2.75, 3.05) is 12.4 Å². The lowest BCUT2D eigenvalue weighted by Gasteiger charge is -2.07. The van der Waals surface area contributed by atoms with E-state index in [0.717, 1.165) is 42.1 Å². The van der Waals surface area contributed by atoms with Gasteiger partial charge in [-0.15, -0.1) is 11.8 Å². The van der Waals surface area contributed by atoms with E-state index in [1.807, 2.05) is 66.4 Å². The van der Waals surface area contributed by atoms with E-state index in [4.69, 9.17) is 4.74 Å². The zero-order valence-electron chi connectivity index (χ0n) is 24.2. The van der Waals surface area contributed by atoms with Crippen molar-refractivity contribution < 1.29 is 9.53 Å². The molecule has 210 valence electrons. The Kier molecular flexibility index (Phi) is 18.5. The quantitative estimate of drug-likeness (QED) is 0.0611. The van der Waals surface area contributed by atoms with Crippen LogP contribution in [0.25, 0.3) is 6.08 Å². The van der Waals surface area contributed by atoms with Crippen molar-refractivity contribution in [2.45, 2.75) is 121 Å². The first-order chi connectivity index (χ1) is 18.7. The molecule has 2 aromatic rings. The lowest BCUT2D eigenvalue weighted by atomic mass is 10.0. The van der Waals surface area contributed by atoms with Crippen LogP contribution in [0.4, 0.5) is 0 Å². The molecule has 0 heterocycles. The van der Waals surface area contributed by atoms with E-state index in [1.165, 1.54) is 94.8 Å². The number of carbonyl (C=O) groups excluding carboxylic acids is 1. The van der Waals surface area contributed by atoms with Crippen molar-refractivity contribution in [3.63, 3.8) is 0 Å². The van der Waals surface area contributed by atoms with Crippen LogP contribution in [0.5, 0.6) is 5.75 Å². The van der Waals surface area contributed by atoms with Gasteiger partial charge in [0.05, 0.1) is 6.61 Å². The summed E-state index contributed by atoms with van der Waals surface area (Å²) in [5.74, 6) is 2.01. The molecule has 0 atom stereocenters. The summed E-state index contributed by atoms with van der Waals surface area (Å²) in [7, 11) is 0. The second kappa shape index (κ2) is 21.9. The van der Waals surface area contributed by atoms with Gasteiger partial charge in [0.1, 0.15) is 5.75 Å². The summed E-state index contributed by atoms with van der Waals surface area (Å²) in [5, 5.41) is 0. The van der Waals surface area contributed by atoms with E-state index in [1.54, 1.807) is 6.08 Å². The third-order valence-electron chi connectivity index (χ3n) is 6.91. The van der Waals surface area contributed by atoms with Crippen molar-refractivity contribution >= 4 is 23.6 Å². The van der Waals surface area contributed by atoms with Gasteiger partial charge < -0.3 is 4.74 Å². The van der Waals surface area contributed by atoms with E-state index < -0.39 is 0 Å². The first-order valence-corrected chi connectivity index (χ1v) is 16.4. The lowest BCUT2D eigenvalue weighted by molar-refractivity contribution is 0.104. The van der Waals surface area contributed by atoms with Crippen molar-refractivity contribution in [2.24, 2.45) is 0 Å². The Balaban J connectivity index is 1.52. The van der Waals surface area contributed by atoms with Crippen LogP contribution in [0.2, 0.25) is 0 Å². The van der Waals surface area contributed by atoms with Gasteiger partial charge in [0, 0.05) is 10.5 Å². The molecule has 0 aromatic heterocycles. The highest BCUT2D eigenvalue weighted by atomic mass is 32.2. The molecule has 0 bridgehead atoms. The number of unbranched alkanes of at least 4 members (excludes halogenated alkanes) is 14. The summed E-state index contributed by atoms with van der Waals surface area (Å²) in [4.78, 5) is 13.8. The van der Waals surface area contributed by atoms with E-state index in [-0.39, 0.29) is 5.78 Å². The fourth-order valence-electron chi connectivity index (χ4n) is 4.57. The Labute approximate surface area is 238 Å². The van der Waals surface area contributed by atoms with Gasteiger partial charge in [-0.3, -0.25) is 4.79 Å². The normalized spacial score (nSPS) is 11.3. The number of carbonyl (C=O) groups is 1. The Morgan fingerprint density at radius 1 is 0.711 bits per heavy atom. The number of hydrogen-bond acceptors (Lipinski definition) is 3. The Morgan fingerprint density at radius 3 is 1.87 bits per heavy atom. The van der Waals surface area contributed by atoms with Gasteiger partial charge in [0.15, 0.2) is 5.78 Å². The van der Waals surface area contributed by atoms with Crippen LogP contribution in [-0.2, 0) is 0 Å². The van der Waals surface area contributed by atoms with Crippen LogP contribution in [-0.4, -0.2) is 18.1 Å². The zero-order valence-corrected chi connectivity index (χ0v) is 25.0. The largest absolute Gasteiger partial charge is 0.494 e. The molecule has 0 saturated carbocycles. The van der Waals surface area contributed by atoms with E-state index in [9.17, 15) is 4.79 Å². The Hall–Kier alpha value is -2.00. The van der Waals surface area contributed by atoms with Crippen LogP contribution < -0.4 is 4.74 Å². The molecule has 2 aromatic carbocycles. The third-order valence-corrected chi connectivity index (χ3v) is 8.13. The average Bonchev–Trinajstić information content (AvgIpc) is 2.95. The monoisotopic (exact) mass is 536 g/mol. The topological polar surface area (TPSA) is 26.3 Å². The third kappa shape index (κ3) is 15.4. The summed E-state index contributed by atoms with van der Waals surface area (Å²) in [6.45, 7) is 5.22. The van der Waals surface area contributed by atoms with Crippen LogP contribution in [0, 0.1) is 0 Å².